The number of methoxy groups -OCH3 is 1. The molecule has 0 amide bonds. The highest BCUT2D eigenvalue weighted by atomic mass is 79.9. The summed E-state index contributed by atoms with van der Waals surface area (Å²) in [6.45, 7) is 6.63. The summed E-state index contributed by atoms with van der Waals surface area (Å²) in [7, 11) is 1.79. The molecule has 0 radical (unpaired) electrons. The number of hydrogen-bond donors (Lipinski definition) is 0. The summed E-state index contributed by atoms with van der Waals surface area (Å²) >= 11 is 3.47. The maximum Gasteiger partial charge on any atom is 0.0622 e. The SMILES string of the molecule is COC(C)(C)CCCC(C)CCBr. The Kier molecular flexibility index (Phi) is 7.06. The van der Waals surface area contributed by atoms with Crippen molar-refractivity contribution in [2.75, 3.05) is 12.4 Å². The first-order valence-electron chi connectivity index (χ1n) is 5.13. The molecule has 0 aromatic carbocycles. The quantitative estimate of drug-likeness (QED) is 0.621. The van der Waals surface area contributed by atoms with Gasteiger partial charge >= 0.3 is 0 Å². The third kappa shape index (κ3) is 7.51. The highest BCUT2D eigenvalue weighted by Crippen LogP contribution is 2.20. The van der Waals surface area contributed by atoms with E-state index in [4.69, 9.17) is 4.74 Å². The van der Waals surface area contributed by atoms with Gasteiger partial charge in [0, 0.05) is 12.4 Å². The molecule has 0 heterocycles. The van der Waals surface area contributed by atoms with Gasteiger partial charge in [0.05, 0.1) is 5.60 Å². The molecule has 0 saturated carbocycles. The van der Waals surface area contributed by atoms with Crippen LogP contribution in [-0.2, 0) is 4.74 Å². The summed E-state index contributed by atoms with van der Waals surface area (Å²) in [5.74, 6) is 0.840. The van der Waals surface area contributed by atoms with Gasteiger partial charge in [-0.3, -0.25) is 0 Å². The molecule has 0 fully saturated rings. The molecule has 0 aliphatic heterocycles. The van der Waals surface area contributed by atoms with Crippen LogP contribution in [0.5, 0.6) is 0 Å². The fourth-order valence-electron chi connectivity index (χ4n) is 1.31. The van der Waals surface area contributed by atoms with E-state index in [1.54, 1.807) is 7.11 Å². The Bertz CT molecular complexity index is 123. The molecule has 1 unspecified atom stereocenters. The van der Waals surface area contributed by atoms with Crippen LogP contribution in [0.15, 0.2) is 0 Å². The molecule has 80 valence electrons. The average molecular weight is 251 g/mol. The Hall–Kier alpha value is 0.440. The minimum atomic E-state index is 0.0636. The Morgan fingerprint density at radius 3 is 2.38 bits per heavy atom. The van der Waals surface area contributed by atoms with E-state index in [9.17, 15) is 0 Å². The van der Waals surface area contributed by atoms with Crippen LogP contribution < -0.4 is 0 Å². The maximum atomic E-state index is 5.37. The second-order valence-electron chi connectivity index (χ2n) is 4.44. The van der Waals surface area contributed by atoms with Crippen molar-refractivity contribution in [1.82, 2.24) is 0 Å². The monoisotopic (exact) mass is 250 g/mol. The van der Waals surface area contributed by atoms with Crippen molar-refractivity contribution < 1.29 is 4.74 Å². The van der Waals surface area contributed by atoms with E-state index < -0.39 is 0 Å². The van der Waals surface area contributed by atoms with Crippen LogP contribution in [0.25, 0.3) is 0 Å². The zero-order valence-corrected chi connectivity index (χ0v) is 11.0. The van der Waals surface area contributed by atoms with Gasteiger partial charge in [-0.25, -0.2) is 0 Å². The molecule has 0 aromatic heterocycles. The molecule has 0 aliphatic rings. The van der Waals surface area contributed by atoms with Gasteiger partial charge in [0.2, 0.25) is 0 Å². The van der Waals surface area contributed by atoms with Crippen LogP contribution in [0.2, 0.25) is 0 Å². The van der Waals surface area contributed by atoms with Crippen LogP contribution in [0, 0.1) is 5.92 Å². The highest BCUT2D eigenvalue weighted by molar-refractivity contribution is 9.09. The Morgan fingerprint density at radius 2 is 1.92 bits per heavy atom. The number of halogens is 1. The summed E-state index contributed by atoms with van der Waals surface area (Å²) in [6, 6.07) is 0. The minimum absolute atomic E-state index is 0.0636. The van der Waals surface area contributed by atoms with Crippen LogP contribution >= 0.6 is 15.9 Å². The first-order valence-corrected chi connectivity index (χ1v) is 6.25. The van der Waals surface area contributed by atoms with Gasteiger partial charge in [0.15, 0.2) is 0 Å². The predicted octanol–water partition coefficient (Wildman–Crippen LogP) is 4.00. The molecule has 2 heteroatoms. The van der Waals surface area contributed by atoms with Gasteiger partial charge in [0.1, 0.15) is 0 Å². The fraction of sp³-hybridized carbons (Fsp3) is 1.00. The smallest absolute Gasteiger partial charge is 0.0622 e. The van der Waals surface area contributed by atoms with Gasteiger partial charge in [-0.05, 0) is 32.6 Å². The highest BCUT2D eigenvalue weighted by Gasteiger charge is 2.15. The van der Waals surface area contributed by atoms with E-state index in [0.717, 1.165) is 17.7 Å². The van der Waals surface area contributed by atoms with E-state index in [1.165, 1.54) is 19.3 Å². The summed E-state index contributed by atoms with van der Waals surface area (Å²) in [5, 5.41) is 1.13. The normalized spacial score (nSPS) is 14.5. The van der Waals surface area contributed by atoms with E-state index in [0.29, 0.717) is 0 Å². The van der Waals surface area contributed by atoms with Gasteiger partial charge in [-0.1, -0.05) is 35.7 Å². The number of hydrogen-bond acceptors (Lipinski definition) is 1. The van der Waals surface area contributed by atoms with Gasteiger partial charge < -0.3 is 4.74 Å². The fourth-order valence-corrected chi connectivity index (χ4v) is 2.09. The number of alkyl halides is 1. The van der Waals surface area contributed by atoms with E-state index in [1.807, 2.05) is 0 Å². The van der Waals surface area contributed by atoms with Crippen molar-refractivity contribution in [3.8, 4) is 0 Å². The lowest BCUT2D eigenvalue weighted by molar-refractivity contribution is 0.0127. The Labute approximate surface area is 91.4 Å². The molecular weight excluding hydrogens is 228 g/mol. The first-order chi connectivity index (χ1) is 6.02. The lowest BCUT2D eigenvalue weighted by Crippen LogP contribution is -2.22. The summed E-state index contributed by atoms with van der Waals surface area (Å²) < 4.78 is 5.37. The minimum Gasteiger partial charge on any atom is -0.379 e. The summed E-state index contributed by atoms with van der Waals surface area (Å²) in [6.07, 6.45) is 5.04. The van der Waals surface area contributed by atoms with Crippen LogP contribution in [0.3, 0.4) is 0 Å². The van der Waals surface area contributed by atoms with Gasteiger partial charge in [0.25, 0.3) is 0 Å². The van der Waals surface area contributed by atoms with Crippen molar-refractivity contribution in [3.05, 3.63) is 0 Å². The molecule has 0 spiro atoms. The molecule has 1 atom stereocenters. The van der Waals surface area contributed by atoms with Crippen LogP contribution in [-0.4, -0.2) is 18.0 Å². The van der Waals surface area contributed by atoms with Crippen molar-refractivity contribution in [2.24, 2.45) is 5.92 Å². The van der Waals surface area contributed by atoms with Crippen LogP contribution in [0.1, 0.15) is 46.5 Å². The van der Waals surface area contributed by atoms with Crippen molar-refractivity contribution in [1.29, 1.82) is 0 Å². The zero-order valence-electron chi connectivity index (χ0n) is 9.40. The molecule has 0 aromatic rings. The molecule has 0 aliphatic carbocycles. The third-order valence-electron chi connectivity index (χ3n) is 2.63. The van der Waals surface area contributed by atoms with E-state index >= 15 is 0 Å². The molecule has 0 N–H and O–H groups in total. The molecule has 13 heavy (non-hydrogen) atoms. The Balaban J connectivity index is 3.44. The molecule has 0 rings (SSSR count). The standard InChI is InChI=1S/C11H23BrO/c1-10(7-9-12)6-5-8-11(2,3)13-4/h10H,5-9H2,1-4H3. The second-order valence-corrected chi connectivity index (χ2v) is 5.23. The summed E-state index contributed by atoms with van der Waals surface area (Å²) in [4.78, 5) is 0. The van der Waals surface area contributed by atoms with Crippen LogP contribution in [0.4, 0.5) is 0 Å². The molecular formula is C11H23BrO. The molecule has 0 saturated heterocycles. The summed E-state index contributed by atoms with van der Waals surface area (Å²) in [5.41, 5.74) is 0.0636. The molecule has 0 bridgehead atoms. The topological polar surface area (TPSA) is 9.23 Å². The van der Waals surface area contributed by atoms with E-state index in [2.05, 4.69) is 36.7 Å². The lowest BCUT2D eigenvalue weighted by atomic mass is 9.95. The zero-order chi connectivity index (χ0) is 10.3. The Morgan fingerprint density at radius 1 is 1.31 bits per heavy atom. The number of ether oxygens (including phenoxy) is 1. The van der Waals surface area contributed by atoms with Crippen molar-refractivity contribution >= 4 is 15.9 Å². The largest absolute Gasteiger partial charge is 0.379 e. The third-order valence-corrected chi connectivity index (χ3v) is 3.09. The average Bonchev–Trinajstić information content (AvgIpc) is 2.05. The lowest BCUT2D eigenvalue weighted by Gasteiger charge is -2.23. The first kappa shape index (κ1) is 13.4. The second kappa shape index (κ2) is 6.83. The molecule has 1 nitrogen and oxygen atoms in total. The maximum absolute atomic E-state index is 5.37. The number of rotatable bonds is 7. The van der Waals surface area contributed by atoms with Gasteiger partial charge in [-0.15, -0.1) is 0 Å². The van der Waals surface area contributed by atoms with E-state index in [-0.39, 0.29) is 5.60 Å². The van der Waals surface area contributed by atoms with Crippen molar-refractivity contribution in [3.63, 3.8) is 0 Å². The predicted molar refractivity (Wildman–Crippen MR) is 62.5 cm³/mol. The van der Waals surface area contributed by atoms with Crippen molar-refractivity contribution in [2.45, 2.75) is 52.1 Å². The van der Waals surface area contributed by atoms with Gasteiger partial charge in [-0.2, -0.15) is 0 Å².